The molecule has 470 valence electrons. The van der Waals surface area contributed by atoms with Crippen molar-refractivity contribution >= 4 is 23.9 Å². The zero-order valence-electron chi connectivity index (χ0n) is 54.3. The van der Waals surface area contributed by atoms with Crippen LogP contribution in [0.5, 0.6) is 0 Å². The molecule has 0 aliphatic heterocycles. The molecule has 0 heterocycles. The summed E-state index contributed by atoms with van der Waals surface area (Å²) in [6.07, 6.45) is 59.6. The molecule has 0 aromatic rings. The Morgan fingerprint density at radius 1 is 0.338 bits per heavy atom. The molecule has 9 nitrogen and oxygen atoms in total. The quantitative estimate of drug-likeness (QED) is 0.0255. The molecule has 0 atom stereocenters. The van der Waals surface area contributed by atoms with E-state index < -0.39 is 0 Å². The Balaban J connectivity index is 5.06. The molecular weight excluding hydrogens is 995 g/mol. The lowest BCUT2D eigenvalue weighted by molar-refractivity contribution is -0.151. The molecule has 0 bridgehead atoms. The van der Waals surface area contributed by atoms with Gasteiger partial charge in [0.05, 0.1) is 19.4 Å². The standard InChI is InChI=1S/C71H133NO8/c1-9-14-19-24-25-26-27-28-29-30-31-32-33-34-41-50-63-77-67(73)59-61-72(71(6,7)8)62-60-70(76)80-66(55-46-37-35-39-48-57-68(74)78-64(51-42-20-15-10-2)52-43-21-16-11-3)56-47-38-36-40-49-58-69(75)79-65(53-44-22-17-12-4)54-45-23-18-13-5/h25-26,28-29,64-66H,9-24,27,30-63H2,1-8H3/b26-25-,29-28-. The summed E-state index contributed by atoms with van der Waals surface area (Å²) in [6.45, 7) is 19.1. The van der Waals surface area contributed by atoms with Crippen LogP contribution in [0.3, 0.4) is 0 Å². The second-order valence-electron chi connectivity index (χ2n) is 24.8. The molecule has 0 fully saturated rings. The topological polar surface area (TPSA) is 108 Å². The van der Waals surface area contributed by atoms with E-state index in [1.54, 1.807) is 0 Å². The first-order valence-electron chi connectivity index (χ1n) is 34.7. The molecule has 0 unspecified atom stereocenters. The van der Waals surface area contributed by atoms with E-state index in [0.29, 0.717) is 39.0 Å². The van der Waals surface area contributed by atoms with E-state index in [4.69, 9.17) is 18.9 Å². The first kappa shape index (κ1) is 77.3. The molecule has 0 radical (unpaired) electrons. The molecule has 80 heavy (non-hydrogen) atoms. The van der Waals surface area contributed by atoms with Crippen LogP contribution in [-0.2, 0) is 38.1 Å². The van der Waals surface area contributed by atoms with Crippen molar-refractivity contribution < 1.29 is 38.1 Å². The van der Waals surface area contributed by atoms with Gasteiger partial charge in [0.15, 0.2) is 0 Å². The number of carbonyl (C=O) groups is 4. The largest absolute Gasteiger partial charge is 0.466 e. The SMILES string of the molecule is CCCCC/C=C\C/C=C\CCCCCCCCOC(=O)CCN(CCC(=O)OC(CCCCCCCC(=O)OC(CCCCCC)CCCCCC)CCCCCCCC(=O)OC(CCCCCC)CCCCCC)C(C)(C)C. The number of carbonyl (C=O) groups excluding carboxylic acids is 4. The average Bonchev–Trinajstić information content (AvgIpc) is 3.42. The van der Waals surface area contributed by atoms with E-state index in [2.05, 4.69) is 84.6 Å². The summed E-state index contributed by atoms with van der Waals surface area (Å²) in [7, 11) is 0. The van der Waals surface area contributed by atoms with Crippen LogP contribution in [0.4, 0.5) is 0 Å². The minimum absolute atomic E-state index is 0.0361. The van der Waals surface area contributed by atoms with Gasteiger partial charge in [0.2, 0.25) is 0 Å². The normalized spacial score (nSPS) is 12.1. The van der Waals surface area contributed by atoms with Crippen LogP contribution in [-0.4, -0.2) is 72.3 Å². The summed E-state index contributed by atoms with van der Waals surface area (Å²) in [5, 5.41) is 0. The van der Waals surface area contributed by atoms with Gasteiger partial charge in [0.1, 0.15) is 18.3 Å². The third-order valence-electron chi connectivity index (χ3n) is 16.0. The number of esters is 4. The minimum Gasteiger partial charge on any atom is -0.466 e. The van der Waals surface area contributed by atoms with E-state index in [9.17, 15) is 19.2 Å². The molecule has 0 aromatic carbocycles. The second kappa shape index (κ2) is 58.1. The summed E-state index contributed by atoms with van der Waals surface area (Å²) in [4.78, 5) is 54.4. The number of hydrogen-bond donors (Lipinski definition) is 0. The Bertz CT molecular complexity index is 1370. The minimum atomic E-state index is -0.220. The van der Waals surface area contributed by atoms with Gasteiger partial charge >= 0.3 is 23.9 Å². The Morgan fingerprint density at radius 3 is 1.00 bits per heavy atom. The van der Waals surface area contributed by atoms with Crippen LogP contribution in [0.2, 0.25) is 0 Å². The van der Waals surface area contributed by atoms with Crippen molar-refractivity contribution in [2.45, 2.75) is 387 Å². The van der Waals surface area contributed by atoms with E-state index in [-0.39, 0.29) is 54.1 Å². The summed E-state index contributed by atoms with van der Waals surface area (Å²) < 4.78 is 24.0. The summed E-state index contributed by atoms with van der Waals surface area (Å²) in [5.74, 6) is -0.421. The number of nitrogens with zero attached hydrogens (tertiary/aromatic N) is 1. The fourth-order valence-corrected chi connectivity index (χ4v) is 10.6. The van der Waals surface area contributed by atoms with Gasteiger partial charge in [-0.3, -0.25) is 24.1 Å². The first-order valence-corrected chi connectivity index (χ1v) is 34.7. The molecular formula is C71H133NO8. The average molecular weight is 1130 g/mol. The van der Waals surface area contributed by atoms with Gasteiger partial charge in [-0.05, 0) is 149 Å². The van der Waals surface area contributed by atoms with Gasteiger partial charge in [-0.1, -0.05) is 213 Å². The second-order valence-corrected chi connectivity index (χ2v) is 24.8. The number of ether oxygens (including phenoxy) is 4. The Kier molecular flexibility index (Phi) is 56.2. The summed E-state index contributed by atoms with van der Waals surface area (Å²) >= 11 is 0. The monoisotopic (exact) mass is 1130 g/mol. The van der Waals surface area contributed by atoms with E-state index >= 15 is 0 Å². The molecule has 0 saturated heterocycles. The number of unbranched alkanes of at least 4 members (excludes halogenated alkanes) is 29. The van der Waals surface area contributed by atoms with Gasteiger partial charge < -0.3 is 18.9 Å². The molecule has 0 spiro atoms. The van der Waals surface area contributed by atoms with Crippen LogP contribution < -0.4 is 0 Å². The van der Waals surface area contributed by atoms with Crippen LogP contribution in [0.15, 0.2) is 24.3 Å². The summed E-state index contributed by atoms with van der Waals surface area (Å²) in [6, 6.07) is 0. The van der Waals surface area contributed by atoms with Crippen molar-refractivity contribution in [1.82, 2.24) is 4.90 Å². The van der Waals surface area contributed by atoms with Crippen molar-refractivity contribution in [3.63, 3.8) is 0 Å². The molecule has 0 N–H and O–H groups in total. The maximum Gasteiger partial charge on any atom is 0.307 e. The van der Waals surface area contributed by atoms with Crippen LogP contribution in [0.25, 0.3) is 0 Å². The Morgan fingerprint density at radius 2 is 0.625 bits per heavy atom. The predicted octanol–water partition coefficient (Wildman–Crippen LogP) is 21.3. The van der Waals surface area contributed by atoms with Crippen molar-refractivity contribution in [2.75, 3.05) is 19.7 Å². The zero-order valence-corrected chi connectivity index (χ0v) is 54.3. The lowest BCUT2D eigenvalue weighted by Crippen LogP contribution is -2.44. The van der Waals surface area contributed by atoms with Crippen LogP contribution in [0, 0.1) is 0 Å². The van der Waals surface area contributed by atoms with Gasteiger partial charge in [0, 0.05) is 31.5 Å². The molecule has 9 heteroatoms. The molecule has 0 rings (SSSR count). The van der Waals surface area contributed by atoms with Crippen molar-refractivity contribution in [2.24, 2.45) is 0 Å². The first-order chi connectivity index (χ1) is 38.9. The highest BCUT2D eigenvalue weighted by Gasteiger charge is 2.24. The molecule has 0 amide bonds. The van der Waals surface area contributed by atoms with Crippen molar-refractivity contribution in [1.29, 1.82) is 0 Å². The molecule has 0 aliphatic carbocycles. The molecule has 0 aliphatic rings. The third kappa shape index (κ3) is 53.3. The number of rotatable bonds is 60. The van der Waals surface area contributed by atoms with E-state index in [1.807, 2.05) is 0 Å². The predicted molar refractivity (Wildman–Crippen MR) is 340 cm³/mol. The maximum atomic E-state index is 13.6. The number of allylic oxidation sites excluding steroid dienone is 4. The Hall–Kier alpha value is -2.68. The lowest BCUT2D eigenvalue weighted by atomic mass is 10.0. The van der Waals surface area contributed by atoms with Gasteiger partial charge in [0.25, 0.3) is 0 Å². The van der Waals surface area contributed by atoms with E-state index in [1.165, 1.54) is 128 Å². The zero-order chi connectivity index (χ0) is 58.8. The van der Waals surface area contributed by atoms with Gasteiger partial charge in [-0.15, -0.1) is 0 Å². The lowest BCUT2D eigenvalue weighted by Gasteiger charge is -2.35. The highest BCUT2D eigenvalue weighted by atomic mass is 16.6. The van der Waals surface area contributed by atoms with Crippen molar-refractivity contribution in [3.8, 4) is 0 Å². The summed E-state index contributed by atoms with van der Waals surface area (Å²) in [5.41, 5.74) is -0.220. The Labute approximate surface area is 496 Å². The highest BCUT2D eigenvalue weighted by Crippen LogP contribution is 2.22. The van der Waals surface area contributed by atoms with Gasteiger partial charge in [-0.2, -0.15) is 0 Å². The number of hydrogen-bond acceptors (Lipinski definition) is 9. The molecule has 0 aromatic heterocycles. The van der Waals surface area contributed by atoms with E-state index in [0.717, 1.165) is 154 Å². The highest BCUT2D eigenvalue weighted by molar-refractivity contribution is 5.71. The fraction of sp³-hybridized carbons (Fsp3) is 0.887. The van der Waals surface area contributed by atoms with Gasteiger partial charge in [-0.25, -0.2) is 0 Å². The van der Waals surface area contributed by atoms with Crippen LogP contribution in [0.1, 0.15) is 364 Å². The third-order valence-corrected chi connectivity index (χ3v) is 16.0. The van der Waals surface area contributed by atoms with Crippen LogP contribution >= 0.6 is 0 Å². The van der Waals surface area contributed by atoms with Crippen molar-refractivity contribution in [3.05, 3.63) is 24.3 Å². The smallest absolute Gasteiger partial charge is 0.307 e. The fourth-order valence-electron chi connectivity index (χ4n) is 10.6. The maximum absolute atomic E-state index is 13.6. The molecule has 0 saturated carbocycles.